The van der Waals surface area contributed by atoms with E-state index < -0.39 is 5.91 Å². The number of nitrogens with zero attached hydrogens (tertiary/aromatic N) is 1. The summed E-state index contributed by atoms with van der Waals surface area (Å²) in [6.07, 6.45) is 2.50. The summed E-state index contributed by atoms with van der Waals surface area (Å²) < 4.78 is 5.26. The summed E-state index contributed by atoms with van der Waals surface area (Å²) in [6.45, 7) is 4.37. The fourth-order valence-electron chi connectivity index (χ4n) is 2.92. The number of benzene rings is 2. The zero-order valence-corrected chi connectivity index (χ0v) is 18.5. The quantitative estimate of drug-likeness (QED) is 0.343. The van der Waals surface area contributed by atoms with Crippen LogP contribution in [0.4, 0.5) is 5.69 Å². The van der Waals surface area contributed by atoms with Gasteiger partial charge in [-0.25, -0.2) is 0 Å². The maximum absolute atomic E-state index is 12.8. The molecular formula is C25H25N3O2S. The minimum atomic E-state index is -0.441. The van der Waals surface area contributed by atoms with Crippen LogP contribution in [-0.4, -0.2) is 5.91 Å². The van der Waals surface area contributed by atoms with Gasteiger partial charge in [0.1, 0.15) is 17.4 Å². The SMILES string of the molecule is CCc1ccc(NC(SCc2ccccc2C)=C(C#N)C(=O)NCc2ccco2)cc1. The number of carbonyl (C=O) groups is 1. The van der Waals surface area contributed by atoms with Crippen LogP contribution in [0.1, 0.15) is 29.4 Å². The molecule has 1 aromatic heterocycles. The van der Waals surface area contributed by atoms with Gasteiger partial charge in [0.2, 0.25) is 0 Å². The van der Waals surface area contributed by atoms with E-state index in [-0.39, 0.29) is 12.1 Å². The molecule has 0 bridgehead atoms. The van der Waals surface area contributed by atoms with Gasteiger partial charge in [-0.15, -0.1) is 11.8 Å². The Labute approximate surface area is 187 Å². The Morgan fingerprint density at radius 1 is 1.10 bits per heavy atom. The second-order valence-electron chi connectivity index (χ2n) is 6.97. The summed E-state index contributed by atoms with van der Waals surface area (Å²) in [5.41, 5.74) is 4.42. The van der Waals surface area contributed by atoms with E-state index in [4.69, 9.17) is 4.42 Å². The molecule has 0 aliphatic rings. The average molecular weight is 432 g/mol. The van der Waals surface area contributed by atoms with Crippen molar-refractivity contribution in [1.29, 1.82) is 5.26 Å². The van der Waals surface area contributed by atoms with Crippen LogP contribution >= 0.6 is 11.8 Å². The Bertz CT molecular complexity index is 1080. The molecule has 0 radical (unpaired) electrons. The number of hydrogen-bond acceptors (Lipinski definition) is 5. The van der Waals surface area contributed by atoms with E-state index in [1.165, 1.54) is 22.9 Å². The molecule has 0 aliphatic heterocycles. The highest BCUT2D eigenvalue weighted by molar-refractivity contribution is 8.02. The van der Waals surface area contributed by atoms with Gasteiger partial charge in [-0.3, -0.25) is 4.79 Å². The molecule has 0 spiro atoms. The van der Waals surface area contributed by atoms with Gasteiger partial charge in [-0.2, -0.15) is 5.26 Å². The predicted molar refractivity (Wildman–Crippen MR) is 125 cm³/mol. The third kappa shape index (κ3) is 6.27. The number of hydrogen-bond donors (Lipinski definition) is 2. The lowest BCUT2D eigenvalue weighted by atomic mass is 10.1. The number of amides is 1. The molecule has 2 N–H and O–H groups in total. The van der Waals surface area contributed by atoms with Gasteiger partial charge < -0.3 is 15.1 Å². The van der Waals surface area contributed by atoms with Crippen LogP contribution in [-0.2, 0) is 23.5 Å². The molecule has 31 heavy (non-hydrogen) atoms. The van der Waals surface area contributed by atoms with Gasteiger partial charge in [0.25, 0.3) is 5.91 Å². The van der Waals surface area contributed by atoms with Crippen molar-refractivity contribution in [2.45, 2.75) is 32.6 Å². The maximum Gasteiger partial charge on any atom is 0.265 e. The van der Waals surface area contributed by atoms with Crippen LogP contribution in [0.3, 0.4) is 0 Å². The number of furan rings is 1. The summed E-state index contributed by atoms with van der Waals surface area (Å²) in [6, 6.07) is 21.7. The summed E-state index contributed by atoms with van der Waals surface area (Å²) in [5, 5.41) is 16.4. The van der Waals surface area contributed by atoms with Gasteiger partial charge >= 0.3 is 0 Å². The Kier molecular flexibility index (Phi) is 7.97. The lowest BCUT2D eigenvalue weighted by Gasteiger charge is -2.14. The normalized spacial score (nSPS) is 11.4. The second-order valence-corrected chi connectivity index (χ2v) is 7.95. The Balaban J connectivity index is 1.84. The summed E-state index contributed by atoms with van der Waals surface area (Å²) >= 11 is 1.44. The number of rotatable bonds is 9. The maximum atomic E-state index is 12.8. The van der Waals surface area contributed by atoms with Crippen molar-refractivity contribution in [1.82, 2.24) is 5.32 Å². The van der Waals surface area contributed by atoms with Crippen LogP contribution in [0.2, 0.25) is 0 Å². The van der Waals surface area contributed by atoms with Crippen LogP contribution < -0.4 is 10.6 Å². The highest BCUT2D eigenvalue weighted by atomic mass is 32.2. The topological polar surface area (TPSA) is 78.1 Å². The molecule has 2 aromatic carbocycles. The molecule has 0 aliphatic carbocycles. The Hall–Kier alpha value is -3.43. The highest BCUT2D eigenvalue weighted by Crippen LogP contribution is 2.28. The van der Waals surface area contributed by atoms with Crippen molar-refractivity contribution >= 4 is 23.4 Å². The van der Waals surface area contributed by atoms with E-state index in [9.17, 15) is 10.1 Å². The van der Waals surface area contributed by atoms with Crippen LogP contribution in [0.5, 0.6) is 0 Å². The molecule has 0 saturated heterocycles. The van der Waals surface area contributed by atoms with E-state index in [1.807, 2.05) is 36.4 Å². The van der Waals surface area contributed by atoms with Gasteiger partial charge in [0, 0.05) is 11.4 Å². The minimum absolute atomic E-state index is 0.0460. The molecule has 0 atom stereocenters. The number of nitrogens with one attached hydrogen (secondary N) is 2. The molecular weight excluding hydrogens is 406 g/mol. The summed E-state index contributed by atoms with van der Waals surface area (Å²) in [5.74, 6) is 0.824. The number of anilines is 1. The van der Waals surface area contributed by atoms with Gasteiger partial charge in [0.15, 0.2) is 0 Å². The van der Waals surface area contributed by atoms with Crippen molar-refractivity contribution < 1.29 is 9.21 Å². The van der Waals surface area contributed by atoms with Crippen molar-refractivity contribution in [3.8, 4) is 6.07 Å². The molecule has 6 heteroatoms. The number of carbonyl (C=O) groups excluding carboxylic acids is 1. The standard InChI is InChI=1S/C25H25N3O2S/c1-3-19-10-12-21(13-11-19)28-25(31-17-20-8-5-4-7-18(20)2)23(15-26)24(29)27-16-22-9-6-14-30-22/h4-14,28H,3,16-17H2,1-2H3,(H,27,29). The van der Waals surface area contributed by atoms with Crippen molar-refractivity contribution in [2.75, 3.05) is 5.32 Å². The number of thioether (sulfide) groups is 1. The fourth-order valence-corrected chi connectivity index (χ4v) is 4.02. The molecule has 1 amide bonds. The van der Waals surface area contributed by atoms with Crippen LogP contribution in [0.15, 0.2) is 81.9 Å². The van der Waals surface area contributed by atoms with Crippen LogP contribution in [0.25, 0.3) is 0 Å². The average Bonchev–Trinajstić information content (AvgIpc) is 3.31. The summed E-state index contributed by atoms with van der Waals surface area (Å²) in [7, 11) is 0. The highest BCUT2D eigenvalue weighted by Gasteiger charge is 2.17. The van der Waals surface area contributed by atoms with Crippen molar-refractivity contribution in [3.63, 3.8) is 0 Å². The third-order valence-corrected chi connectivity index (χ3v) is 5.87. The van der Waals surface area contributed by atoms with Crippen molar-refractivity contribution in [2.24, 2.45) is 0 Å². The zero-order chi connectivity index (χ0) is 22.1. The third-order valence-electron chi connectivity index (χ3n) is 4.82. The molecule has 158 valence electrons. The van der Waals surface area contributed by atoms with Gasteiger partial charge in [0.05, 0.1) is 17.8 Å². The first-order chi connectivity index (χ1) is 15.1. The van der Waals surface area contributed by atoms with E-state index in [1.54, 1.807) is 18.4 Å². The molecule has 0 saturated carbocycles. The number of nitriles is 1. The molecule has 5 nitrogen and oxygen atoms in total. The molecule has 0 unspecified atom stereocenters. The monoisotopic (exact) mass is 431 g/mol. The molecule has 3 aromatic rings. The first-order valence-electron chi connectivity index (χ1n) is 10.1. The lowest BCUT2D eigenvalue weighted by Crippen LogP contribution is -2.25. The first-order valence-corrected chi connectivity index (χ1v) is 11.1. The Morgan fingerprint density at radius 2 is 1.87 bits per heavy atom. The largest absolute Gasteiger partial charge is 0.467 e. The van der Waals surface area contributed by atoms with E-state index >= 15 is 0 Å². The van der Waals surface area contributed by atoms with Gasteiger partial charge in [-0.05, 0) is 54.3 Å². The first kappa shape index (κ1) is 22.3. The van der Waals surface area contributed by atoms with E-state index in [0.29, 0.717) is 16.5 Å². The predicted octanol–water partition coefficient (Wildman–Crippen LogP) is 5.55. The van der Waals surface area contributed by atoms with Crippen LogP contribution in [0, 0.1) is 18.3 Å². The molecule has 1 heterocycles. The van der Waals surface area contributed by atoms with Crippen molar-refractivity contribution in [3.05, 3.63) is 100.0 Å². The Morgan fingerprint density at radius 3 is 2.52 bits per heavy atom. The minimum Gasteiger partial charge on any atom is -0.467 e. The molecule has 3 rings (SSSR count). The summed E-state index contributed by atoms with van der Waals surface area (Å²) in [4.78, 5) is 12.8. The van der Waals surface area contributed by atoms with E-state index in [2.05, 4.69) is 42.7 Å². The second kappa shape index (κ2) is 11.1. The van der Waals surface area contributed by atoms with Gasteiger partial charge in [-0.1, -0.05) is 43.3 Å². The fraction of sp³-hybridized carbons (Fsp3) is 0.200. The zero-order valence-electron chi connectivity index (χ0n) is 17.6. The molecule has 0 fully saturated rings. The van der Waals surface area contributed by atoms with E-state index in [0.717, 1.165) is 17.7 Å². The lowest BCUT2D eigenvalue weighted by molar-refractivity contribution is -0.117. The number of aryl methyl sites for hydroxylation is 2. The smallest absolute Gasteiger partial charge is 0.265 e.